The maximum atomic E-state index is 12.4. The molecule has 4 rings (SSSR count). The topological polar surface area (TPSA) is 23.6 Å². The summed E-state index contributed by atoms with van der Waals surface area (Å²) in [5, 5.41) is 0. The van der Waals surface area contributed by atoms with Gasteiger partial charge in [-0.05, 0) is 62.1 Å². The van der Waals surface area contributed by atoms with E-state index in [2.05, 4.69) is 54.0 Å². The van der Waals surface area contributed by atoms with Gasteiger partial charge < -0.3 is 4.90 Å². The molecule has 1 aliphatic carbocycles. The second-order valence-corrected chi connectivity index (χ2v) is 9.62. The van der Waals surface area contributed by atoms with Gasteiger partial charge in [0, 0.05) is 43.6 Å². The van der Waals surface area contributed by atoms with E-state index in [1.807, 2.05) is 13.8 Å². The number of amides is 1. The van der Waals surface area contributed by atoms with E-state index in [1.165, 1.54) is 36.1 Å². The summed E-state index contributed by atoms with van der Waals surface area (Å²) >= 11 is 0. The molecule has 2 aliphatic heterocycles. The molecule has 0 spiro atoms. The largest absolute Gasteiger partial charge is 0.342 e. The van der Waals surface area contributed by atoms with E-state index >= 15 is 0 Å². The van der Waals surface area contributed by atoms with Crippen LogP contribution in [-0.4, -0.2) is 47.4 Å². The molecule has 1 aromatic rings. The van der Waals surface area contributed by atoms with Gasteiger partial charge in [0.25, 0.3) is 0 Å². The van der Waals surface area contributed by atoms with E-state index in [0.717, 1.165) is 38.0 Å². The summed E-state index contributed by atoms with van der Waals surface area (Å²) in [5.74, 6) is 1.57. The highest BCUT2D eigenvalue weighted by atomic mass is 16.2. The number of fused-ring (bicyclic) bond motifs is 1. The van der Waals surface area contributed by atoms with Crippen LogP contribution in [0.4, 0.5) is 0 Å². The number of benzene rings is 1. The van der Waals surface area contributed by atoms with Gasteiger partial charge in [-0.25, -0.2) is 0 Å². The number of allylic oxidation sites excluding steroid dienone is 1. The van der Waals surface area contributed by atoms with E-state index in [4.69, 9.17) is 0 Å². The van der Waals surface area contributed by atoms with Gasteiger partial charge in [-0.1, -0.05) is 44.2 Å². The van der Waals surface area contributed by atoms with Crippen LogP contribution < -0.4 is 0 Å². The Balaban J connectivity index is 1.37. The van der Waals surface area contributed by atoms with Crippen LogP contribution in [0.5, 0.6) is 0 Å². The second kappa shape index (κ2) is 8.02. The minimum Gasteiger partial charge on any atom is -0.342 e. The highest BCUT2D eigenvalue weighted by Gasteiger charge is 2.40. The first-order valence-corrected chi connectivity index (χ1v) is 11.3. The van der Waals surface area contributed by atoms with Crippen molar-refractivity contribution < 1.29 is 4.79 Å². The number of hydrogen-bond donors (Lipinski definition) is 0. The molecular weight excluding hydrogens is 344 g/mol. The van der Waals surface area contributed by atoms with Crippen molar-refractivity contribution in [3.63, 3.8) is 0 Å². The molecule has 4 atom stereocenters. The normalized spacial score (nSPS) is 30.2. The van der Waals surface area contributed by atoms with Crippen molar-refractivity contribution in [2.75, 3.05) is 19.6 Å². The first kappa shape index (κ1) is 19.7. The lowest BCUT2D eigenvalue weighted by molar-refractivity contribution is -0.133. The highest BCUT2D eigenvalue weighted by Crippen LogP contribution is 2.43. The number of carbonyl (C=O) groups excluding carboxylic acids is 1. The van der Waals surface area contributed by atoms with Gasteiger partial charge >= 0.3 is 0 Å². The Morgan fingerprint density at radius 2 is 1.75 bits per heavy atom. The Bertz CT molecular complexity index is 725. The third kappa shape index (κ3) is 3.78. The Morgan fingerprint density at radius 3 is 2.39 bits per heavy atom. The molecule has 1 amide bonds. The third-order valence-electron chi connectivity index (χ3n) is 7.37. The SMILES string of the molecule is CC(C)C(=O)N1CC2CC=C(c3ccc(CCN4C(C)CCC4C)cc3)C2C1. The van der Waals surface area contributed by atoms with E-state index < -0.39 is 0 Å². The molecular formula is C25H36N2O. The van der Waals surface area contributed by atoms with Crippen LogP contribution >= 0.6 is 0 Å². The van der Waals surface area contributed by atoms with Gasteiger partial charge in [-0.3, -0.25) is 9.69 Å². The second-order valence-electron chi connectivity index (χ2n) is 9.62. The molecule has 4 unspecified atom stereocenters. The monoisotopic (exact) mass is 380 g/mol. The molecule has 0 saturated carbocycles. The molecule has 152 valence electrons. The summed E-state index contributed by atoms with van der Waals surface area (Å²) < 4.78 is 0. The molecule has 0 radical (unpaired) electrons. The average molecular weight is 381 g/mol. The molecule has 2 fully saturated rings. The van der Waals surface area contributed by atoms with Gasteiger partial charge in [-0.15, -0.1) is 0 Å². The maximum absolute atomic E-state index is 12.4. The Kier molecular flexibility index (Phi) is 5.64. The summed E-state index contributed by atoms with van der Waals surface area (Å²) in [6, 6.07) is 10.7. The van der Waals surface area contributed by atoms with Gasteiger partial charge in [0.05, 0.1) is 0 Å². The minimum atomic E-state index is 0.103. The van der Waals surface area contributed by atoms with Crippen LogP contribution in [0.15, 0.2) is 30.3 Å². The predicted octanol–water partition coefficient (Wildman–Crippen LogP) is 4.62. The number of likely N-dealkylation sites (tertiary alicyclic amines) is 2. The average Bonchev–Trinajstić information content (AvgIpc) is 3.35. The highest BCUT2D eigenvalue weighted by molar-refractivity contribution is 5.80. The fraction of sp³-hybridized carbons (Fsp3) is 0.640. The van der Waals surface area contributed by atoms with E-state index in [0.29, 0.717) is 17.7 Å². The van der Waals surface area contributed by atoms with Gasteiger partial charge in [0.2, 0.25) is 5.91 Å². The van der Waals surface area contributed by atoms with Crippen molar-refractivity contribution in [3.8, 4) is 0 Å². The lowest BCUT2D eigenvalue weighted by Gasteiger charge is -2.25. The van der Waals surface area contributed by atoms with Crippen molar-refractivity contribution in [2.24, 2.45) is 17.8 Å². The zero-order valence-electron chi connectivity index (χ0n) is 18.0. The molecule has 0 N–H and O–H groups in total. The standard InChI is InChI=1S/C25H36N2O/c1-17(2)25(28)26-15-22-11-12-23(24(22)16-26)21-9-7-20(8-10-21)13-14-27-18(3)5-6-19(27)4/h7-10,12,17-19,22,24H,5-6,11,13-16H2,1-4H3. The molecule has 3 nitrogen and oxygen atoms in total. The van der Waals surface area contributed by atoms with E-state index in [-0.39, 0.29) is 5.92 Å². The summed E-state index contributed by atoms with van der Waals surface area (Å²) in [5.41, 5.74) is 4.27. The van der Waals surface area contributed by atoms with Crippen LogP contribution in [0.3, 0.4) is 0 Å². The third-order valence-corrected chi connectivity index (χ3v) is 7.37. The summed E-state index contributed by atoms with van der Waals surface area (Å²) in [6.45, 7) is 11.8. The summed E-state index contributed by atoms with van der Waals surface area (Å²) in [7, 11) is 0. The number of rotatable bonds is 5. The van der Waals surface area contributed by atoms with E-state index in [1.54, 1.807) is 0 Å². The van der Waals surface area contributed by atoms with Crippen molar-refractivity contribution in [2.45, 2.75) is 65.5 Å². The Labute approximate surface area is 170 Å². The van der Waals surface area contributed by atoms with Gasteiger partial charge in [0.15, 0.2) is 0 Å². The number of carbonyl (C=O) groups is 1. The van der Waals surface area contributed by atoms with Crippen molar-refractivity contribution >= 4 is 11.5 Å². The van der Waals surface area contributed by atoms with Crippen LogP contribution in [0.25, 0.3) is 5.57 Å². The van der Waals surface area contributed by atoms with Crippen molar-refractivity contribution in [1.29, 1.82) is 0 Å². The number of nitrogens with zero attached hydrogens (tertiary/aromatic N) is 2. The molecule has 3 aliphatic rings. The maximum Gasteiger partial charge on any atom is 0.225 e. The molecule has 2 saturated heterocycles. The van der Waals surface area contributed by atoms with Gasteiger partial charge in [-0.2, -0.15) is 0 Å². The van der Waals surface area contributed by atoms with Crippen LogP contribution in [0, 0.1) is 17.8 Å². The molecule has 28 heavy (non-hydrogen) atoms. The Morgan fingerprint density at radius 1 is 1.07 bits per heavy atom. The van der Waals surface area contributed by atoms with Gasteiger partial charge in [0.1, 0.15) is 0 Å². The van der Waals surface area contributed by atoms with Crippen molar-refractivity contribution in [1.82, 2.24) is 9.80 Å². The fourth-order valence-electron chi connectivity index (χ4n) is 5.58. The van der Waals surface area contributed by atoms with Crippen LogP contribution in [0.1, 0.15) is 58.1 Å². The van der Waals surface area contributed by atoms with Crippen LogP contribution in [-0.2, 0) is 11.2 Å². The molecule has 0 bridgehead atoms. The fourth-order valence-corrected chi connectivity index (χ4v) is 5.58. The zero-order valence-corrected chi connectivity index (χ0v) is 18.0. The van der Waals surface area contributed by atoms with E-state index in [9.17, 15) is 4.79 Å². The quantitative estimate of drug-likeness (QED) is 0.744. The zero-order chi connectivity index (χ0) is 19.8. The lowest BCUT2D eigenvalue weighted by atomic mass is 9.90. The predicted molar refractivity (Wildman–Crippen MR) is 116 cm³/mol. The molecule has 3 heteroatoms. The molecule has 0 aromatic heterocycles. The lowest BCUT2D eigenvalue weighted by Crippen LogP contribution is -2.34. The first-order valence-electron chi connectivity index (χ1n) is 11.3. The minimum absolute atomic E-state index is 0.103. The summed E-state index contributed by atoms with van der Waals surface area (Å²) in [6.07, 6.45) is 7.36. The Hall–Kier alpha value is -1.61. The smallest absolute Gasteiger partial charge is 0.225 e. The summed E-state index contributed by atoms with van der Waals surface area (Å²) in [4.78, 5) is 17.2. The molecule has 2 heterocycles. The molecule has 1 aromatic carbocycles. The number of hydrogen-bond acceptors (Lipinski definition) is 2. The van der Waals surface area contributed by atoms with Crippen molar-refractivity contribution in [3.05, 3.63) is 41.5 Å². The van der Waals surface area contributed by atoms with Crippen LogP contribution in [0.2, 0.25) is 0 Å². The first-order chi connectivity index (χ1) is 13.4.